The number of hydrogen-bond acceptors (Lipinski definition) is 4. The van der Waals surface area contributed by atoms with Crippen LogP contribution in [0.15, 0.2) is 22.7 Å². The first-order chi connectivity index (χ1) is 9.01. The predicted octanol–water partition coefficient (Wildman–Crippen LogP) is 1.82. The zero-order chi connectivity index (χ0) is 14.0. The van der Waals surface area contributed by atoms with Crippen LogP contribution in [0.5, 0.6) is 0 Å². The highest BCUT2D eigenvalue weighted by molar-refractivity contribution is 9.10. The van der Waals surface area contributed by atoms with Gasteiger partial charge in [-0.1, -0.05) is 15.9 Å². The largest absolute Gasteiger partial charge is 0.391 e. The van der Waals surface area contributed by atoms with Crippen LogP contribution in [0.3, 0.4) is 0 Å². The smallest absolute Gasteiger partial charge is 0.101 e. The number of halogens is 1. The van der Waals surface area contributed by atoms with Crippen LogP contribution in [0, 0.1) is 11.3 Å². The average Bonchev–Trinajstić information content (AvgIpc) is 2.69. The molecule has 1 aliphatic heterocycles. The van der Waals surface area contributed by atoms with Crippen molar-refractivity contribution in [1.29, 1.82) is 5.26 Å². The van der Waals surface area contributed by atoms with Crippen LogP contribution in [0.2, 0.25) is 0 Å². The number of β-amino-alcohol motifs (C(OH)–C–C–N with tert-alkyl or cyclic N) is 1. The fraction of sp³-hybridized carbons (Fsp3) is 0.500. The molecule has 1 aromatic rings. The number of rotatable bonds is 3. The summed E-state index contributed by atoms with van der Waals surface area (Å²) in [6.45, 7) is 1.46. The van der Waals surface area contributed by atoms with Gasteiger partial charge in [0.2, 0.25) is 0 Å². The molecule has 2 unspecified atom stereocenters. The van der Waals surface area contributed by atoms with Gasteiger partial charge in [-0.2, -0.15) is 5.26 Å². The van der Waals surface area contributed by atoms with E-state index >= 15 is 0 Å². The summed E-state index contributed by atoms with van der Waals surface area (Å²) in [4.78, 5) is 4.26. The normalized spacial score (nSPS) is 22.8. The van der Waals surface area contributed by atoms with Gasteiger partial charge in [-0.15, -0.1) is 0 Å². The van der Waals surface area contributed by atoms with Crippen molar-refractivity contribution in [3.8, 4) is 6.07 Å². The molecule has 1 fully saturated rings. The van der Waals surface area contributed by atoms with Crippen LogP contribution in [0.1, 0.15) is 12.0 Å². The maximum absolute atomic E-state index is 9.92. The molecule has 1 saturated heterocycles. The van der Waals surface area contributed by atoms with E-state index in [0.29, 0.717) is 12.1 Å². The molecule has 4 nitrogen and oxygen atoms in total. The first kappa shape index (κ1) is 14.3. The molecule has 0 saturated carbocycles. The summed E-state index contributed by atoms with van der Waals surface area (Å²) in [5.41, 5.74) is 1.56. The van der Waals surface area contributed by atoms with Crippen molar-refractivity contribution in [2.24, 2.45) is 0 Å². The molecule has 102 valence electrons. The van der Waals surface area contributed by atoms with E-state index in [1.54, 1.807) is 0 Å². The summed E-state index contributed by atoms with van der Waals surface area (Å²) in [6, 6.07) is 8.12. The van der Waals surface area contributed by atoms with Crippen molar-refractivity contribution in [2.75, 3.05) is 32.1 Å². The van der Waals surface area contributed by atoms with Crippen LogP contribution < -0.4 is 4.90 Å². The van der Waals surface area contributed by atoms with E-state index in [4.69, 9.17) is 0 Å². The van der Waals surface area contributed by atoms with E-state index in [-0.39, 0.29) is 12.1 Å². The Hall–Kier alpha value is -1.09. The average molecular weight is 324 g/mol. The Morgan fingerprint density at radius 1 is 1.53 bits per heavy atom. The summed E-state index contributed by atoms with van der Waals surface area (Å²) in [5, 5.41) is 19.2. The molecule has 0 bridgehead atoms. The third-order valence-corrected chi connectivity index (χ3v) is 3.85. The van der Waals surface area contributed by atoms with Gasteiger partial charge in [0.25, 0.3) is 0 Å². The van der Waals surface area contributed by atoms with Crippen LogP contribution in [0.4, 0.5) is 5.69 Å². The minimum absolute atomic E-state index is 0.242. The van der Waals surface area contributed by atoms with E-state index in [9.17, 15) is 10.4 Å². The van der Waals surface area contributed by atoms with Crippen molar-refractivity contribution in [2.45, 2.75) is 18.6 Å². The van der Waals surface area contributed by atoms with Crippen molar-refractivity contribution in [3.05, 3.63) is 28.2 Å². The van der Waals surface area contributed by atoms with Gasteiger partial charge < -0.3 is 14.9 Å². The molecule has 0 radical (unpaired) electrons. The Labute approximate surface area is 122 Å². The third kappa shape index (κ3) is 3.27. The van der Waals surface area contributed by atoms with Gasteiger partial charge in [-0.25, -0.2) is 0 Å². The molecule has 2 atom stereocenters. The first-order valence-electron chi connectivity index (χ1n) is 6.30. The lowest BCUT2D eigenvalue weighted by Crippen LogP contribution is -2.38. The molecular weight excluding hydrogens is 306 g/mol. The molecule has 19 heavy (non-hydrogen) atoms. The highest BCUT2D eigenvalue weighted by Crippen LogP contribution is 2.31. The summed E-state index contributed by atoms with van der Waals surface area (Å²) >= 11 is 3.45. The quantitative estimate of drug-likeness (QED) is 0.921. The Bertz CT molecular complexity index is 498. The second kappa shape index (κ2) is 5.91. The number of benzene rings is 1. The highest BCUT2D eigenvalue weighted by Gasteiger charge is 2.32. The molecule has 0 aromatic heterocycles. The predicted molar refractivity (Wildman–Crippen MR) is 79.2 cm³/mol. The molecule has 0 amide bonds. The molecule has 1 N–H and O–H groups in total. The molecule has 1 heterocycles. The summed E-state index contributed by atoms with van der Waals surface area (Å²) in [5.74, 6) is 0. The summed E-state index contributed by atoms with van der Waals surface area (Å²) < 4.78 is 0.950. The number of anilines is 1. The van der Waals surface area contributed by atoms with Crippen LogP contribution in [-0.4, -0.2) is 49.3 Å². The SMILES string of the molecule is CN(C)CC1CC(O)CN1c1cc(Br)ccc1C#N. The second-order valence-electron chi connectivity index (χ2n) is 5.23. The van der Waals surface area contributed by atoms with Gasteiger partial charge in [0.1, 0.15) is 6.07 Å². The number of hydrogen-bond donors (Lipinski definition) is 1. The molecular formula is C14H18BrN3O. The van der Waals surface area contributed by atoms with Gasteiger partial charge >= 0.3 is 0 Å². The van der Waals surface area contributed by atoms with E-state index in [1.165, 1.54) is 0 Å². The van der Waals surface area contributed by atoms with Gasteiger partial charge in [0.05, 0.1) is 17.4 Å². The van der Waals surface area contributed by atoms with Crippen molar-refractivity contribution >= 4 is 21.6 Å². The van der Waals surface area contributed by atoms with Crippen LogP contribution >= 0.6 is 15.9 Å². The standard InChI is InChI=1S/C14H18BrN3O/c1-17(2)8-12-6-13(19)9-18(12)14-5-11(15)4-3-10(14)7-16/h3-5,12-13,19H,6,8-9H2,1-2H3. The first-order valence-corrected chi connectivity index (χ1v) is 7.09. The summed E-state index contributed by atoms with van der Waals surface area (Å²) in [6.07, 6.45) is 0.422. The van der Waals surface area contributed by atoms with Crippen molar-refractivity contribution < 1.29 is 5.11 Å². The van der Waals surface area contributed by atoms with Crippen LogP contribution in [-0.2, 0) is 0 Å². The fourth-order valence-electron chi connectivity index (χ4n) is 2.62. The van der Waals surface area contributed by atoms with Gasteiger partial charge in [-0.3, -0.25) is 0 Å². The number of likely N-dealkylation sites (N-methyl/N-ethyl adjacent to an activating group) is 1. The Kier molecular flexibility index (Phi) is 4.46. The van der Waals surface area contributed by atoms with E-state index in [1.807, 2.05) is 32.3 Å². The minimum Gasteiger partial charge on any atom is -0.391 e. The Morgan fingerprint density at radius 2 is 2.26 bits per heavy atom. The topological polar surface area (TPSA) is 50.5 Å². The second-order valence-corrected chi connectivity index (χ2v) is 6.15. The van der Waals surface area contributed by atoms with Crippen molar-refractivity contribution in [1.82, 2.24) is 4.90 Å². The van der Waals surface area contributed by atoms with Crippen molar-refractivity contribution in [3.63, 3.8) is 0 Å². The fourth-order valence-corrected chi connectivity index (χ4v) is 2.97. The number of aliphatic hydroxyl groups is 1. The minimum atomic E-state index is -0.324. The molecule has 2 rings (SSSR count). The zero-order valence-corrected chi connectivity index (χ0v) is 12.8. The summed E-state index contributed by atoms with van der Waals surface area (Å²) in [7, 11) is 4.05. The lowest BCUT2D eigenvalue weighted by molar-refractivity contribution is 0.191. The van der Waals surface area contributed by atoms with Gasteiger partial charge in [0.15, 0.2) is 0 Å². The molecule has 5 heteroatoms. The lowest BCUT2D eigenvalue weighted by atomic mass is 10.1. The number of aliphatic hydroxyl groups excluding tert-OH is 1. The maximum Gasteiger partial charge on any atom is 0.101 e. The molecule has 0 aliphatic carbocycles. The maximum atomic E-state index is 9.92. The Morgan fingerprint density at radius 3 is 2.89 bits per heavy atom. The van der Waals surface area contributed by atoms with Gasteiger partial charge in [0, 0.05) is 23.6 Å². The van der Waals surface area contributed by atoms with Crippen LogP contribution in [0.25, 0.3) is 0 Å². The number of nitriles is 1. The Balaban J connectivity index is 2.33. The molecule has 0 spiro atoms. The third-order valence-electron chi connectivity index (χ3n) is 3.36. The zero-order valence-electron chi connectivity index (χ0n) is 11.2. The monoisotopic (exact) mass is 323 g/mol. The molecule has 1 aromatic carbocycles. The highest BCUT2D eigenvalue weighted by atomic mass is 79.9. The van der Waals surface area contributed by atoms with E-state index < -0.39 is 0 Å². The lowest BCUT2D eigenvalue weighted by Gasteiger charge is -2.29. The molecule has 1 aliphatic rings. The van der Waals surface area contributed by atoms with Gasteiger partial charge in [-0.05, 0) is 38.7 Å². The van der Waals surface area contributed by atoms with E-state index in [0.717, 1.165) is 23.1 Å². The van der Waals surface area contributed by atoms with E-state index in [2.05, 4.69) is 31.8 Å². The number of nitrogens with zero attached hydrogens (tertiary/aromatic N) is 3.